The zero-order valence-electron chi connectivity index (χ0n) is 18.7. The molecular weight excluding hydrogens is 430 g/mol. The second-order valence-corrected chi connectivity index (χ2v) is 8.17. The second-order valence-electron chi connectivity index (χ2n) is 8.17. The Morgan fingerprint density at radius 1 is 0.853 bits per heavy atom. The molecule has 1 atom stereocenters. The van der Waals surface area contributed by atoms with E-state index in [9.17, 15) is 13.6 Å². The fourth-order valence-corrected chi connectivity index (χ4v) is 3.66. The number of rotatable bonds is 7. The lowest BCUT2D eigenvalue weighted by Crippen LogP contribution is -2.09. The van der Waals surface area contributed by atoms with Crippen LogP contribution in [-0.2, 0) is 6.42 Å². The van der Waals surface area contributed by atoms with Crippen molar-refractivity contribution >= 4 is 18.1 Å². The van der Waals surface area contributed by atoms with Crippen molar-refractivity contribution in [3.05, 3.63) is 137 Å². The topological polar surface area (TPSA) is 26.3 Å². The number of esters is 1. The van der Waals surface area contributed by atoms with Gasteiger partial charge in [0.25, 0.3) is 0 Å². The molecule has 0 spiro atoms. The van der Waals surface area contributed by atoms with Gasteiger partial charge >= 0.3 is 5.97 Å². The van der Waals surface area contributed by atoms with E-state index >= 15 is 0 Å². The first kappa shape index (κ1) is 23.1. The summed E-state index contributed by atoms with van der Waals surface area (Å²) in [6.45, 7) is 2.21. The summed E-state index contributed by atoms with van der Waals surface area (Å²) in [6, 6.07) is 27.8. The fraction of sp³-hybridized carbons (Fsp3) is 0.100. The fourth-order valence-electron chi connectivity index (χ4n) is 3.66. The van der Waals surface area contributed by atoms with Crippen LogP contribution in [-0.4, -0.2) is 5.97 Å². The molecule has 0 fully saturated rings. The number of hydrogen-bond donors (Lipinski definition) is 0. The highest BCUT2D eigenvalue weighted by molar-refractivity contribution is 5.91. The minimum atomic E-state index is -0.707. The molecule has 4 heteroatoms. The standard InChI is InChI=1S/C30H24F2O2/c1-21(24-5-3-2-4-6-24)19-23-9-7-22(8-10-23)11-12-25-13-14-26(20-29(25)32)30(33)34-28-17-15-27(31)16-18-28/h2-18,20-21H,19H2,1H3/t21-/m0/s1. The summed E-state index contributed by atoms with van der Waals surface area (Å²) in [5.74, 6) is -1.06. The average Bonchev–Trinajstić information content (AvgIpc) is 2.86. The summed E-state index contributed by atoms with van der Waals surface area (Å²) < 4.78 is 32.7. The third kappa shape index (κ3) is 6.04. The van der Waals surface area contributed by atoms with E-state index < -0.39 is 17.6 Å². The molecule has 2 nitrogen and oxygen atoms in total. The van der Waals surface area contributed by atoms with Crippen molar-refractivity contribution in [3.63, 3.8) is 0 Å². The van der Waals surface area contributed by atoms with Crippen LogP contribution in [0, 0.1) is 11.6 Å². The summed E-state index contributed by atoms with van der Waals surface area (Å²) in [5.41, 5.74) is 3.95. The SMILES string of the molecule is C[C@@H](Cc1ccc(C=Cc2ccc(C(=O)Oc3ccc(F)cc3)cc2F)cc1)c1ccccc1. The van der Waals surface area contributed by atoms with Crippen molar-refractivity contribution in [3.8, 4) is 5.75 Å². The molecule has 0 aliphatic rings. The van der Waals surface area contributed by atoms with Gasteiger partial charge in [-0.1, -0.05) is 79.7 Å². The van der Waals surface area contributed by atoms with Gasteiger partial charge in [-0.05, 0) is 65.4 Å². The van der Waals surface area contributed by atoms with Gasteiger partial charge in [-0.2, -0.15) is 0 Å². The van der Waals surface area contributed by atoms with Gasteiger partial charge in [0.05, 0.1) is 5.56 Å². The number of benzene rings is 4. The van der Waals surface area contributed by atoms with Crippen LogP contribution in [0.1, 0.15) is 45.5 Å². The molecule has 0 aliphatic carbocycles. The van der Waals surface area contributed by atoms with Crippen molar-refractivity contribution in [1.29, 1.82) is 0 Å². The molecule has 0 radical (unpaired) electrons. The molecule has 0 aliphatic heterocycles. The molecule has 4 aromatic carbocycles. The van der Waals surface area contributed by atoms with Gasteiger partial charge in [0, 0.05) is 5.56 Å². The summed E-state index contributed by atoms with van der Waals surface area (Å²) in [6.07, 6.45) is 4.45. The van der Waals surface area contributed by atoms with Crippen LogP contribution in [0.5, 0.6) is 5.75 Å². The highest BCUT2D eigenvalue weighted by Gasteiger charge is 2.11. The van der Waals surface area contributed by atoms with Crippen molar-refractivity contribution in [2.24, 2.45) is 0 Å². The Labute approximate surface area is 198 Å². The lowest BCUT2D eigenvalue weighted by Gasteiger charge is -2.12. The minimum Gasteiger partial charge on any atom is -0.423 e. The maximum absolute atomic E-state index is 14.6. The van der Waals surface area contributed by atoms with Gasteiger partial charge in [-0.25, -0.2) is 13.6 Å². The summed E-state index contributed by atoms with van der Waals surface area (Å²) in [5, 5.41) is 0. The van der Waals surface area contributed by atoms with Crippen LogP contribution in [0.2, 0.25) is 0 Å². The molecule has 0 heterocycles. The Hall–Kier alpha value is -4.05. The van der Waals surface area contributed by atoms with Gasteiger partial charge in [-0.3, -0.25) is 0 Å². The van der Waals surface area contributed by atoms with Gasteiger partial charge < -0.3 is 4.74 Å². The molecule has 0 aromatic heterocycles. The van der Waals surface area contributed by atoms with Gasteiger partial charge in [0.1, 0.15) is 17.4 Å². The molecule has 4 aromatic rings. The molecule has 0 amide bonds. The molecule has 34 heavy (non-hydrogen) atoms. The van der Waals surface area contributed by atoms with E-state index in [4.69, 9.17) is 4.74 Å². The normalized spacial score (nSPS) is 12.0. The molecule has 0 saturated heterocycles. The summed E-state index contributed by atoms with van der Waals surface area (Å²) >= 11 is 0. The van der Waals surface area contributed by atoms with Crippen LogP contribution in [0.4, 0.5) is 8.78 Å². The van der Waals surface area contributed by atoms with E-state index in [1.807, 2.05) is 24.3 Å². The Morgan fingerprint density at radius 2 is 1.56 bits per heavy atom. The monoisotopic (exact) mass is 454 g/mol. The first-order valence-corrected chi connectivity index (χ1v) is 11.1. The molecule has 0 N–H and O–H groups in total. The first-order chi connectivity index (χ1) is 16.5. The lowest BCUT2D eigenvalue weighted by atomic mass is 9.93. The van der Waals surface area contributed by atoms with E-state index in [1.165, 1.54) is 47.5 Å². The maximum Gasteiger partial charge on any atom is 0.343 e. The molecule has 4 rings (SSSR count). The zero-order valence-corrected chi connectivity index (χ0v) is 18.7. The van der Waals surface area contributed by atoms with E-state index in [0.717, 1.165) is 18.1 Å². The lowest BCUT2D eigenvalue weighted by molar-refractivity contribution is 0.0734. The first-order valence-electron chi connectivity index (χ1n) is 11.1. The Kier molecular flexibility index (Phi) is 7.28. The highest BCUT2D eigenvalue weighted by atomic mass is 19.1. The molecule has 0 saturated carbocycles. The van der Waals surface area contributed by atoms with Crippen molar-refractivity contribution in [1.82, 2.24) is 0 Å². The number of halogens is 2. The Balaban J connectivity index is 1.38. The Bertz CT molecular complexity index is 1280. The number of ether oxygens (including phenoxy) is 1. The molecule has 0 unspecified atom stereocenters. The van der Waals surface area contributed by atoms with E-state index in [2.05, 4.69) is 43.3 Å². The predicted molar refractivity (Wildman–Crippen MR) is 132 cm³/mol. The third-order valence-electron chi connectivity index (χ3n) is 5.61. The largest absolute Gasteiger partial charge is 0.423 e. The predicted octanol–water partition coefficient (Wildman–Crippen LogP) is 7.70. The zero-order chi connectivity index (χ0) is 23.9. The summed E-state index contributed by atoms with van der Waals surface area (Å²) in [7, 11) is 0. The van der Waals surface area contributed by atoms with Crippen LogP contribution in [0.3, 0.4) is 0 Å². The Morgan fingerprint density at radius 3 is 2.24 bits per heavy atom. The number of carbonyl (C=O) groups is 1. The molecule has 0 bridgehead atoms. The molecule has 170 valence electrons. The van der Waals surface area contributed by atoms with E-state index in [0.29, 0.717) is 11.5 Å². The third-order valence-corrected chi connectivity index (χ3v) is 5.61. The highest BCUT2D eigenvalue weighted by Crippen LogP contribution is 2.21. The van der Waals surface area contributed by atoms with Crippen LogP contribution in [0.15, 0.2) is 97.1 Å². The quantitative estimate of drug-likeness (QED) is 0.162. The van der Waals surface area contributed by atoms with Crippen molar-refractivity contribution in [2.75, 3.05) is 0 Å². The van der Waals surface area contributed by atoms with Gasteiger partial charge in [0.2, 0.25) is 0 Å². The smallest absolute Gasteiger partial charge is 0.343 e. The van der Waals surface area contributed by atoms with E-state index in [-0.39, 0.29) is 11.3 Å². The van der Waals surface area contributed by atoms with Crippen LogP contribution in [0.25, 0.3) is 12.2 Å². The van der Waals surface area contributed by atoms with Crippen LogP contribution < -0.4 is 4.74 Å². The van der Waals surface area contributed by atoms with Gasteiger partial charge in [-0.15, -0.1) is 0 Å². The van der Waals surface area contributed by atoms with E-state index in [1.54, 1.807) is 6.08 Å². The maximum atomic E-state index is 14.6. The number of hydrogen-bond acceptors (Lipinski definition) is 2. The summed E-state index contributed by atoms with van der Waals surface area (Å²) in [4.78, 5) is 12.2. The second kappa shape index (κ2) is 10.7. The minimum absolute atomic E-state index is 0.0795. The number of carbonyl (C=O) groups excluding carboxylic acids is 1. The van der Waals surface area contributed by atoms with Gasteiger partial charge in [0.15, 0.2) is 0 Å². The average molecular weight is 455 g/mol. The molecular formula is C30H24F2O2. The van der Waals surface area contributed by atoms with Crippen LogP contribution >= 0.6 is 0 Å². The van der Waals surface area contributed by atoms with Crippen molar-refractivity contribution in [2.45, 2.75) is 19.3 Å². The van der Waals surface area contributed by atoms with Crippen molar-refractivity contribution < 1.29 is 18.3 Å².